The summed E-state index contributed by atoms with van der Waals surface area (Å²) in [5.41, 5.74) is 3.57. The summed E-state index contributed by atoms with van der Waals surface area (Å²) in [6.45, 7) is 1.80. The number of aromatic nitrogens is 2. The maximum absolute atomic E-state index is 13.6. The molecule has 0 aliphatic heterocycles. The van der Waals surface area contributed by atoms with Crippen LogP contribution in [0, 0.1) is 5.92 Å². The third kappa shape index (κ3) is 4.52. The summed E-state index contributed by atoms with van der Waals surface area (Å²) >= 11 is 12.5. The molecule has 1 amide bonds. The number of benzene rings is 3. The molecule has 0 spiro atoms. The highest BCUT2D eigenvalue weighted by atomic mass is 35.5. The van der Waals surface area contributed by atoms with Gasteiger partial charge < -0.3 is 9.47 Å². The first-order valence-corrected chi connectivity index (χ1v) is 11.6. The van der Waals surface area contributed by atoms with Crippen LogP contribution in [-0.2, 0) is 19.6 Å². The van der Waals surface area contributed by atoms with E-state index in [-0.39, 0.29) is 5.91 Å². The average molecular weight is 464 g/mol. The first-order valence-electron chi connectivity index (χ1n) is 10.8. The van der Waals surface area contributed by atoms with E-state index >= 15 is 0 Å². The van der Waals surface area contributed by atoms with E-state index < -0.39 is 0 Å². The van der Waals surface area contributed by atoms with Crippen LogP contribution in [0.25, 0.3) is 11.0 Å². The second-order valence-corrected chi connectivity index (χ2v) is 9.19. The van der Waals surface area contributed by atoms with Crippen molar-refractivity contribution < 1.29 is 4.79 Å². The van der Waals surface area contributed by atoms with E-state index in [1.54, 1.807) is 18.2 Å². The lowest BCUT2D eigenvalue weighted by Gasteiger charge is -2.24. The van der Waals surface area contributed by atoms with Gasteiger partial charge in [-0.05, 0) is 54.7 Å². The summed E-state index contributed by atoms with van der Waals surface area (Å²) in [6, 6.07) is 23.2. The molecule has 1 aliphatic carbocycles. The zero-order valence-corrected chi connectivity index (χ0v) is 19.1. The van der Waals surface area contributed by atoms with Crippen LogP contribution in [-0.4, -0.2) is 20.4 Å². The van der Waals surface area contributed by atoms with Crippen LogP contribution in [0.5, 0.6) is 0 Å². The van der Waals surface area contributed by atoms with Gasteiger partial charge in [-0.3, -0.25) is 4.79 Å². The number of para-hydroxylation sites is 2. The minimum absolute atomic E-state index is 0.138. The van der Waals surface area contributed by atoms with E-state index in [2.05, 4.69) is 10.6 Å². The zero-order chi connectivity index (χ0) is 22.1. The van der Waals surface area contributed by atoms with E-state index in [4.69, 9.17) is 28.2 Å². The normalized spacial score (nSPS) is 13.4. The molecule has 0 radical (unpaired) electrons. The van der Waals surface area contributed by atoms with E-state index in [1.807, 2.05) is 53.4 Å². The lowest BCUT2D eigenvalue weighted by molar-refractivity contribution is 0.0724. The van der Waals surface area contributed by atoms with E-state index in [0.29, 0.717) is 34.6 Å². The van der Waals surface area contributed by atoms with Gasteiger partial charge in [-0.25, -0.2) is 4.98 Å². The number of nitrogens with zero attached hydrogens (tertiary/aromatic N) is 3. The molecule has 0 N–H and O–H groups in total. The zero-order valence-electron chi connectivity index (χ0n) is 17.5. The van der Waals surface area contributed by atoms with Gasteiger partial charge in [0.1, 0.15) is 5.82 Å². The van der Waals surface area contributed by atoms with E-state index in [0.717, 1.165) is 29.0 Å². The number of amides is 1. The Morgan fingerprint density at radius 2 is 1.72 bits per heavy atom. The lowest BCUT2D eigenvalue weighted by Crippen LogP contribution is -2.31. The Balaban J connectivity index is 1.53. The SMILES string of the molecule is O=C(c1ccc(Cl)cc1Cl)N(Cc1ccccc1)Cc1nc2ccccc2n1CC1CC1. The second-order valence-electron chi connectivity index (χ2n) is 8.34. The van der Waals surface area contributed by atoms with Crippen LogP contribution in [0.1, 0.15) is 34.6 Å². The van der Waals surface area contributed by atoms with Crippen molar-refractivity contribution in [1.29, 1.82) is 0 Å². The smallest absolute Gasteiger partial charge is 0.256 e. The number of halogens is 2. The van der Waals surface area contributed by atoms with Gasteiger partial charge in [0, 0.05) is 18.1 Å². The molecule has 3 aromatic carbocycles. The molecule has 0 unspecified atom stereocenters. The lowest BCUT2D eigenvalue weighted by atomic mass is 10.1. The molecular weight excluding hydrogens is 441 g/mol. The Morgan fingerprint density at radius 3 is 2.47 bits per heavy atom. The van der Waals surface area contributed by atoms with Gasteiger partial charge in [0.05, 0.1) is 28.2 Å². The highest BCUT2D eigenvalue weighted by Gasteiger charge is 2.26. The van der Waals surface area contributed by atoms with Gasteiger partial charge in [-0.15, -0.1) is 0 Å². The van der Waals surface area contributed by atoms with E-state index in [9.17, 15) is 4.79 Å². The highest BCUT2D eigenvalue weighted by molar-refractivity contribution is 6.36. The molecule has 5 rings (SSSR count). The summed E-state index contributed by atoms with van der Waals surface area (Å²) in [5, 5.41) is 0.861. The van der Waals surface area contributed by atoms with Crippen molar-refractivity contribution >= 4 is 40.1 Å². The minimum Gasteiger partial charge on any atom is -0.327 e. The fourth-order valence-corrected chi connectivity index (χ4v) is 4.51. The number of carbonyl (C=O) groups is 1. The third-order valence-corrected chi connectivity index (χ3v) is 6.42. The fraction of sp³-hybridized carbons (Fsp3) is 0.231. The topological polar surface area (TPSA) is 38.1 Å². The summed E-state index contributed by atoms with van der Waals surface area (Å²) < 4.78 is 2.28. The standard InChI is InChI=1S/C26H23Cl2N3O/c27-20-12-13-21(22(28)14-20)26(32)30(15-18-6-2-1-3-7-18)17-25-29-23-8-4-5-9-24(23)31(25)16-19-10-11-19/h1-9,12-14,19H,10-11,15-17H2. The monoisotopic (exact) mass is 463 g/mol. The van der Waals surface area contributed by atoms with Gasteiger partial charge in [-0.2, -0.15) is 0 Å². The number of rotatable bonds is 7. The van der Waals surface area contributed by atoms with Gasteiger partial charge in [0.15, 0.2) is 0 Å². The van der Waals surface area contributed by atoms with Crippen molar-refractivity contribution in [2.45, 2.75) is 32.5 Å². The van der Waals surface area contributed by atoms with Gasteiger partial charge in [0.2, 0.25) is 0 Å². The van der Waals surface area contributed by atoms with E-state index in [1.165, 1.54) is 12.8 Å². The molecule has 1 fully saturated rings. The van der Waals surface area contributed by atoms with Crippen LogP contribution in [0.2, 0.25) is 10.0 Å². The molecule has 162 valence electrons. The molecule has 1 aliphatic rings. The number of hydrogen-bond acceptors (Lipinski definition) is 2. The second kappa shape index (κ2) is 8.97. The molecule has 0 bridgehead atoms. The highest BCUT2D eigenvalue weighted by Crippen LogP contribution is 2.33. The predicted octanol–water partition coefficient (Wildman–Crippen LogP) is 6.60. The van der Waals surface area contributed by atoms with Crippen molar-refractivity contribution in [3.05, 3.63) is 99.8 Å². The number of carbonyl (C=O) groups excluding carboxylic acids is 1. The molecule has 0 saturated heterocycles. The summed E-state index contributed by atoms with van der Waals surface area (Å²) in [4.78, 5) is 20.3. The first kappa shape index (κ1) is 21.0. The summed E-state index contributed by atoms with van der Waals surface area (Å²) in [7, 11) is 0. The molecule has 1 saturated carbocycles. The molecule has 4 nitrogen and oxygen atoms in total. The Hall–Kier alpha value is -2.82. The third-order valence-electron chi connectivity index (χ3n) is 5.87. The maximum Gasteiger partial charge on any atom is 0.256 e. The molecular formula is C26H23Cl2N3O. The van der Waals surface area contributed by atoms with Gasteiger partial charge in [0.25, 0.3) is 5.91 Å². The first-order chi connectivity index (χ1) is 15.6. The van der Waals surface area contributed by atoms with Crippen LogP contribution in [0.4, 0.5) is 0 Å². The van der Waals surface area contributed by atoms with Crippen LogP contribution in [0.15, 0.2) is 72.8 Å². The Labute approximate surface area is 197 Å². The van der Waals surface area contributed by atoms with Crippen LogP contribution in [0.3, 0.4) is 0 Å². The Morgan fingerprint density at radius 1 is 0.969 bits per heavy atom. The Bertz CT molecular complexity index is 1260. The Kier molecular flexibility index (Phi) is 5.90. The molecule has 6 heteroatoms. The average Bonchev–Trinajstić information content (AvgIpc) is 3.55. The summed E-state index contributed by atoms with van der Waals surface area (Å²) in [5.74, 6) is 1.45. The minimum atomic E-state index is -0.138. The molecule has 1 heterocycles. The van der Waals surface area contributed by atoms with Gasteiger partial charge in [-0.1, -0.05) is 65.7 Å². The molecule has 4 aromatic rings. The van der Waals surface area contributed by atoms with Crippen molar-refractivity contribution in [2.75, 3.05) is 0 Å². The van der Waals surface area contributed by atoms with Gasteiger partial charge >= 0.3 is 0 Å². The number of fused-ring (bicyclic) bond motifs is 1. The van der Waals surface area contributed by atoms with Crippen molar-refractivity contribution in [1.82, 2.24) is 14.5 Å². The maximum atomic E-state index is 13.6. The largest absolute Gasteiger partial charge is 0.327 e. The van der Waals surface area contributed by atoms with Crippen molar-refractivity contribution in [2.24, 2.45) is 5.92 Å². The van der Waals surface area contributed by atoms with Crippen LogP contribution < -0.4 is 0 Å². The number of imidazole rings is 1. The number of hydrogen-bond donors (Lipinski definition) is 0. The van der Waals surface area contributed by atoms with Crippen molar-refractivity contribution in [3.63, 3.8) is 0 Å². The molecule has 0 atom stereocenters. The van der Waals surface area contributed by atoms with Crippen molar-refractivity contribution in [3.8, 4) is 0 Å². The van der Waals surface area contributed by atoms with Crippen LogP contribution >= 0.6 is 23.2 Å². The molecule has 32 heavy (non-hydrogen) atoms. The predicted molar refractivity (Wildman–Crippen MR) is 129 cm³/mol. The fourth-order valence-electron chi connectivity index (χ4n) is 4.02. The molecule has 1 aromatic heterocycles. The summed E-state index contributed by atoms with van der Waals surface area (Å²) in [6.07, 6.45) is 2.50. The quantitative estimate of drug-likeness (QED) is 0.309.